The minimum Gasteiger partial charge on any atom is -0.444 e. The van der Waals surface area contributed by atoms with Gasteiger partial charge in [0.25, 0.3) is 0 Å². The van der Waals surface area contributed by atoms with Crippen LogP contribution in [-0.4, -0.2) is 40.9 Å². The first-order valence-electron chi connectivity index (χ1n) is 6.04. The zero-order valence-electron chi connectivity index (χ0n) is 10.5. The fraction of sp³-hybridized carbons (Fsp3) is 0.917. The second-order valence-electron chi connectivity index (χ2n) is 5.36. The zero-order valence-corrected chi connectivity index (χ0v) is 10.5. The molecule has 1 amide bonds. The van der Waals surface area contributed by atoms with E-state index in [1.807, 2.05) is 20.8 Å². The summed E-state index contributed by atoms with van der Waals surface area (Å²) in [6.07, 6.45) is 3.76. The zero-order chi connectivity index (χ0) is 12.2. The van der Waals surface area contributed by atoms with Crippen molar-refractivity contribution in [2.24, 2.45) is 0 Å². The Morgan fingerprint density at radius 3 is 2.62 bits per heavy atom. The lowest BCUT2D eigenvalue weighted by Crippen LogP contribution is -2.44. The molecule has 1 atom stereocenters. The lowest BCUT2D eigenvalue weighted by Gasteiger charge is -2.31. The van der Waals surface area contributed by atoms with Crippen molar-refractivity contribution in [3.63, 3.8) is 0 Å². The normalized spacial score (nSPS) is 22.8. The van der Waals surface area contributed by atoms with E-state index < -0.39 is 5.60 Å². The highest BCUT2D eigenvalue weighted by molar-refractivity contribution is 5.68. The Hall–Kier alpha value is -0.770. The number of rotatable bonds is 1. The summed E-state index contributed by atoms with van der Waals surface area (Å²) in [6.45, 7) is 6.30. The molecule has 1 aliphatic rings. The van der Waals surface area contributed by atoms with Crippen LogP contribution in [0.4, 0.5) is 4.79 Å². The number of hydrogen-bond donors (Lipinski definition) is 1. The molecule has 0 unspecified atom stereocenters. The Bertz CT molecular complexity index is 235. The van der Waals surface area contributed by atoms with Gasteiger partial charge in [0.05, 0.1) is 12.6 Å². The van der Waals surface area contributed by atoms with E-state index in [4.69, 9.17) is 4.74 Å². The molecule has 4 heteroatoms. The molecule has 0 radical (unpaired) electrons. The lowest BCUT2D eigenvalue weighted by molar-refractivity contribution is 0.0100. The Labute approximate surface area is 97.6 Å². The van der Waals surface area contributed by atoms with Crippen molar-refractivity contribution < 1.29 is 14.6 Å². The highest BCUT2D eigenvalue weighted by Crippen LogP contribution is 2.19. The van der Waals surface area contributed by atoms with E-state index in [1.54, 1.807) is 4.90 Å². The van der Waals surface area contributed by atoms with E-state index in [0.29, 0.717) is 6.54 Å². The Morgan fingerprint density at radius 1 is 1.38 bits per heavy atom. The maximum Gasteiger partial charge on any atom is 0.410 e. The van der Waals surface area contributed by atoms with Gasteiger partial charge in [-0.05, 0) is 33.6 Å². The second kappa shape index (κ2) is 5.53. The molecule has 0 aromatic carbocycles. The minimum atomic E-state index is -0.469. The highest BCUT2D eigenvalue weighted by Gasteiger charge is 2.28. The Balaban J connectivity index is 2.63. The van der Waals surface area contributed by atoms with Crippen LogP contribution < -0.4 is 0 Å². The van der Waals surface area contributed by atoms with Crippen molar-refractivity contribution in [2.45, 2.75) is 58.1 Å². The molecule has 0 spiro atoms. The van der Waals surface area contributed by atoms with Gasteiger partial charge in [-0.1, -0.05) is 12.8 Å². The van der Waals surface area contributed by atoms with Crippen molar-refractivity contribution in [3.8, 4) is 0 Å². The van der Waals surface area contributed by atoms with Crippen molar-refractivity contribution in [1.29, 1.82) is 0 Å². The molecule has 94 valence electrons. The molecule has 1 rings (SSSR count). The first-order valence-corrected chi connectivity index (χ1v) is 6.04. The predicted octanol–water partition coefficient (Wildman–Crippen LogP) is 2.16. The summed E-state index contributed by atoms with van der Waals surface area (Å²) in [5.74, 6) is 0. The number of aliphatic hydroxyl groups excluding tert-OH is 1. The van der Waals surface area contributed by atoms with Crippen LogP contribution >= 0.6 is 0 Å². The van der Waals surface area contributed by atoms with Gasteiger partial charge in [-0.3, -0.25) is 0 Å². The van der Waals surface area contributed by atoms with Gasteiger partial charge in [-0.15, -0.1) is 0 Å². The van der Waals surface area contributed by atoms with Gasteiger partial charge in [-0.2, -0.15) is 0 Å². The van der Waals surface area contributed by atoms with Crippen LogP contribution in [0.25, 0.3) is 0 Å². The number of aliphatic hydroxyl groups is 1. The van der Waals surface area contributed by atoms with Gasteiger partial charge in [0, 0.05) is 6.54 Å². The standard InChI is InChI=1S/C12H23NO3/c1-12(2,3)16-11(15)13-8-6-4-5-7-10(13)9-14/h10,14H,4-9H2,1-3H3/t10-/m1/s1. The van der Waals surface area contributed by atoms with E-state index >= 15 is 0 Å². The topological polar surface area (TPSA) is 49.8 Å². The van der Waals surface area contributed by atoms with Crippen molar-refractivity contribution in [2.75, 3.05) is 13.2 Å². The molecule has 0 aromatic rings. The van der Waals surface area contributed by atoms with Gasteiger partial charge >= 0.3 is 6.09 Å². The number of amides is 1. The van der Waals surface area contributed by atoms with Crippen LogP contribution in [-0.2, 0) is 4.74 Å². The third-order valence-corrected chi connectivity index (χ3v) is 2.72. The monoisotopic (exact) mass is 229 g/mol. The van der Waals surface area contributed by atoms with Crippen LogP contribution in [0.15, 0.2) is 0 Å². The molecule has 1 saturated heterocycles. The average molecular weight is 229 g/mol. The predicted molar refractivity (Wildman–Crippen MR) is 62.3 cm³/mol. The first-order chi connectivity index (χ1) is 7.44. The maximum atomic E-state index is 11.9. The summed E-state index contributed by atoms with van der Waals surface area (Å²) < 4.78 is 5.34. The number of carbonyl (C=O) groups excluding carboxylic acids is 1. The smallest absolute Gasteiger partial charge is 0.410 e. The largest absolute Gasteiger partial charge is 0.444 e. The molecule has 0 aromatic heterocycles. The van der Waals surface area contributed by atoms with Crippen LogP contribution in [0.5, 0.6) is 0 Å². The average Bonchev–Trinajstić information content (AvgIpc) is 2.39. The molecule has 0 bridgehead atoms. The summed E-state index contributed by atoms with van der Waals surface area (Å²) in [5, 5.41) is 9.28. The summed E-state index contributed by atoms with van der Waals surface area (Å²) in [7, 11) is 0. The molecule has 16 heavy (non-hydrogen) atoms. The van der Waals surface area contributed by atoms with E-state index in [0.717, 1.165) is 25.7 Å². The number of hydrogen-bond acceptors (Lipinski definition) is 3. The second-order valence-corrected chi connectivity index (χ2v) is 5.36. The van der Waals surface area contributed by atoms with Gasteiger partial charge < -0.3 is 14.7 Å². The first kappa shape index (κ1) is 13.3. The molecule has 0 aliphatic carbocycles. The van der Waals surface area contributed by atoms with E-state index in [9.17, 15) is 9.90 Å². The lowest BCUT2D eigenvalue weighted by atomic mass is 10.1. The quantitative estimate of drug-likeness (QED) is 0.749. The molecule has 1 fully saturated rings. The number of likely N-dealkylation sites (tertiary alicyclic amines) is 1. The molecular formula is C12H23NO3. The van der Waals surface area contributed by atoms with Gasteiger partial charge in [0.1, 0.15) is 5.60 Å². The molecule has 1 heterocycles. The van der Waals surface area contributed by atoms with Crippen LogP contribution in [0.1, 0.15) is 46.5 Å². The fourth-order valence-corrected chi connectivity index (χ4v) is 1.93. The number of ether oxygens (including phenoxy) is 1. The van der Waals surface area contributed by atoms with Crippen molar-refractivity contribution in [3.05, 3.63) is 0 Å². The summed E-state index contributed by atoms with van der Waals surface area (Å²) in [6, 6.07) is -0.0719. The number of carbonyl (C=O) groups is 1. The number of nitrogens with zero attached hydrogens (tertiary/aromatic N) is 1. The van der Waals surface area contributed by atoms with Gasteiger partial charge in [0.2, 0.25) is 0 Å². The van der Waals surface area contributed by atoms with Crippen LogP contribution in [0.3, 0.4) is 0 Å². The van der Waals surface area contributed by atoms with Gasteiger partial charge in [0.15, 0.2) is 0 Å². The van der Waals surface area contributed by atoms with Crippen molar-refractivity contribution >= 4 is 6.09 Å². The minimum absolute atomic E-state index is 0.0270. The summed E-state index contributed by atoms with van der Waals surface area (Å²) in [4.78, 5) is 13.6. The van der Waals surface area contributed by atoms with E-state index in [1.165, 1.54) is 0 Å². The molecule has 4 nitrogen and oxygen atoms in total. The third kappa shape index (κ3) is 4.00. The van der Waals surface area contributed by atoms with E-state index in [2.05, 4.69) is 0 Å². The molecule has 0 saturated carbocycles. The molecule has 1 aliphatic heterocycles. The highest BCUT2D eigenvalue weighted by atomic mass is 16.6. The van der Waals surface area contributed by atoms with Crippen molar-refractivity contribution in [1.82, 2.24) is 4.90 Å². The molecule has 1 N–H and O–H groups in total. The van der Waals surface area contributed by atoms with E-state index in [-0.39, 0.29) is 18.7 Å². The summed E-state index contributed by atoms with van der Waals surface area (Å²) >= 11 is 0. The van der Waals surface area contributed by atoms with Crippen LogP contribution in [0.2, 0.25) is 0 Å². The summed E-state index contributed by atoms with van der Waals surface area (Å²) in [5.41, 5.74) is -0.469. The molecular weight excluding hydrogens is 206 g/mol. The Morgan fingerprint density at radius 2 is 2.06 bits per heavy atom. The maximum absolute atomic E-state index is 11.9. The third-order valence-electron chi connectivity index (χ3n) is 2.72. The van der Waals surface area contributed by atoms with Crippen LogP contribution in [0, 0.1) is 0 Å². The Kier molecular flexibility index (Phi) is 4.59. The SMILES string of the molecule is CC(C)(C)OC(=O)N1CCCCC[C@@H]1CO. The van der Waals surface area contributed by atoms with Gasteiger partial charge in [-0.25, -0.2) is 4.79 Å². The fourth-order valence-electron chi connectivity index (χ4n) is 1.93.